The van der Waals surface area contributed by atoms with E-state index in [4.69, 9.17) is 11.6 Å². The Morgan fingerprint density at radius 1 is 0.658 bits per heavy atom. The number of carbonyl (C=O) groups excluding carboxylic acids is 1. The van der Waals surface area contributed by atoms with Crippen LogP contribution in [0.25, 0.3) is 11.3 Å². The van der Waals surface area contributed by atoms with Crippen LogP contribution in [0.15, 0.2) is 128 Å². The lowest BCUT2D eigenvalue weighted by molar-refractivity contribution is 0.184. The molecule has 0 aliphatic carbocycles. The second kappa shape index (κ2) is 10.1. The highest BCUT2D eigenvalue weighted by Gasteiger charge is 2.48. The molecule has 1 saturated heterocycles. The molecular weight excluding hydrogens is 492 g/mol. The van der Waals surface area contributed by atoms with E-state index in [-0.39, 0.29) is 11.3 Å². The number of rotatable bonds is 6. The minimum Gasteiger partial charge on any atom is -0.305 e. The summed E-state index contributed by atoms with van der Waals surface area (Å²) in [6, 6.07) is 40.5. The van der Waals surface area contributed by atoms with Crippen LogP contribution < -0.4 is 4.90 Å². The Morgan fingerprint density at radius 2 is 1.18 bits per heavy atom. The van der Waals surface area contributed by atoms with Crippen LogP contribution >= 0.6 is 11.6 Å². The van der Waals surface area contributed by atoms with E-state index >= 15 is 0 Å². The quantitative estimate of drug-likeness (QED) is 0.180. The van der Waals surface area contributed by atoms with Gasteiger partial charge in [0.2, 0.25) is 5.28 Å². The zero-order valence-corrected chi connectivity index (χ0v) is 21.4. The number of anilines is 1. The topological polar surface area (TPSA) is 49.3 Å². The van der Waals surface area contributed by atoms with E-state index in [9.17, 15) is 4.79 Å². The van der Waals surface area contributed by atoms with Gasteiger partial charge in [-0.2, -0.15) is 0 Å². The third-order valence-corrected chi connectivity index (χ3v) is 7.27. The smallest absolute Gasteiger partial charge is 0.305 e. The van der Waals surface area contributed by atoms with Gasteiger partial charge in [0, 0.05) is 30.5 Å². The summed E-state index contributed by atoms with van der Waals surface area (Å²) in [7, 11) is 0. The summed E-state index contributed by atoms with van der Waals surface area (Å²) in [5.41, 5.74) is 4.84. The van der Waals surface area contributed by atoms with Crippen molar-refractivity contribution in [2.45, 2.75) is 5.54 Å². The second-order valence-corrected chi connectivity index (χ2v) is 9.49. The van der Waals surface area contributed by atoms with Crippen LogP contribution in [-0.2, 0) is 5.54 Å². The maximum absolute atomic E-state index is 14.3. The summed E-state index contributed by atoms with van der Waals surface area (Å²) in [6.45, 7) is 1.15. The van der Waals surface area contributed by atoms with Gasteiger partial charge in [-0.3, -0.25) is 4.90 Å². The molecule has 0 saturated carbocycles. The maximum Gasteiger partial charge on any atom is 0.325 e. The lowest BCUT2D eigenvalue weighted by Crippen LogP contribution is -2.50. The normalized spacial score (nSPS) is 13.7. The van der Waals surface area contributed by atoms with E-state index < -0.39 is 5.54 Å². The fourth-order valence-corrected chi connectivity index (χ4v) is 5.55. The third-order valence-electron chi connectivity index (χ3n) is 7.09. The van der Waals surface area contributed by atoms with Crippen molar-refractivity contribution in [3.05, 3.63) is 149 Å². The molecule has 6 heteroatoms. The van der Waals surface area contributed by atoms with Crippen molar-refractivity contribution in [2.75, 3.05) is 18.0 Å². The first-order valence-electron chi connectivity index (χ1n) is 12.5. The molecule has 0 N–H and O–H groups in total. The lowest BCUT2D eigenvalue weighted by atomic mass is 9.75. The van der Waals surface area contributed by atoms with E-state index in [1.165, 1.54) is 0 Å². The Kier molecular flexibility index (Phi) is 6.36. The molecule has 6 rings (SSSR count). The molecule has 2 heterocycles. The minimum absolute atomic E-state index is 0.0422. The van der Waals surface area contributed by atoms with E-state index in [0.29, 0.717) is 13.1 Å². The van der Waals surface area contributed by atoms with Gasteiger partial charge in [-0.25, -0.2) is 14.8 Å². The molecule has 5 aromatic rings. The van der Waals surface area contributed by atoms with Crippen molar-refractivity contribution in [3.8, 4) is 11.3 Å². The number of carbonyl (C=O) groups is 1. The first-order chi connectivity index (χ1) is 18.7. The Bertz CT molecular complexity index is 1450. The van der Waals surface area contributed by atoms with Crippen molar-refractivity contribution in [2.24, 2.45) is 0 Å². The number of hydrogen-bond donors (Lipinski definition) is 0. The standard InChI is InChI=1S/C32H25ClN4O/c33-30-34-21-20-29(35-30)24-16-18-28(19-17-24)36-22-23-37(31(36)38)32(25-10-4-1-5-11-25,26-12-6-2-7-13-26)27-14-8-3-9-15-27/h1-21H,22-23H2. The van der Waals surface area contributed by atoms with E-state index in [1.54, 1.807) is 6.20 Å². The molecule has 4 aromatic carbocycles. The summed E-state index contributed by atoms with van der Waals surface area (Å²) in [5.74, 6) is 0. The van der Waals surface area contributed by atoms with Gasteiger partial charge in [-0.15, -0.1) is 0 Å². The average molecular weight is 517 g/mol. The van der Waals surface area contributed by atoms with Gasteiger partial charge in [-0.05, 0) is 46.5 Å². The molecule has 0 radical (unpaired) electrons. The summed E-state index contributed by atoms with van der Waals surface area (Å²) in [4.78, 5) is 26.4. The lowest BCUT2D eigenvalue weighted by Gasteiger charge is -2.43. The van der Waals surface area contributed by atoms with Crippen LogP contribution in [0.5, 0.6) is 0 Å². The number of aromatic nitrogens is 2. The van der Waals surface area contributed by atoms with Crippen LogP contribution in [0.1, 0.15) is 16.7 Å². The Hall–Kier alpha value is -4.48. The molecule has 1 aliphatic heterocycles. The SMILES string of the molecule is O=C1N(c2ccc(-c3ccnc(Cl)n3)cc2)CCN1C(c1ccccc1)(c1ccccc1)c1ccccc1. The molecule has 5 nitrogen and oxygen atoms in total. The van der Waals surface area contributed by atoms with Crippen molar-refractivity contribution in [1.82, 2.24) is 14.9 Å². The highest BCUT2D eigenvalue weighted by atomic mass is 35.5. The second-order valence-electron chi connectivity index (χ2n) is 9.15. The van der Waals surface area contributed by atoms with Gasteiger partial charge >= 0.3 is 6.03 Å². The number of urea groups is 1. The third kappa shape index (κ3) is 4.11. The molecule has 0 bridgehead atoms. The van der Waals surface area contributed by atoms with Gasteiger partial charge in [0.25, 0.3) is 0 Å². The minimum atomic E-state index is -0.784. The molecule has 0 unspecified atom stereocenters. The van der Waals surface area contributed by atoms with Crippen LogP contribution in [0.3, 0.4) is 0 Å². The molecule has 0 atom stereocenters. The van der Waals surface area contributed by atoms with Crippen molar-refractivity contribution < 1.29 is 4.79 Å². The predicted octanol–water partition coefficient (Wildman–Crippen LogP) is 7.03. The summed E-state index contributed by atoms with van der Waals surface area (Å²) in [6.07, 6.45) is 1.64. The molecule has 1 aromatic heterocycles. The van der Waals surface area contributed by atoms with Crippen molar-refractivity contribution >= 4 is 23.3 Å². The number of hydrogen-bond acceptors (Lipinski definition) is 3. The Balaban J connectivity index is 1.43. The molecular formula is C32H25ClN4O. The van der Waals surface area contributed by atoms with Crippen LogP contribution in [0.4, 0.5) is 10.5 Å². The molecule has 2 amide bonds. The highest BCUT2D eigenvalue weighted by Crippen LogP contribution is 2.44. The Morgan fingerprint density at radius 3 is 1.68 bits per heavy atom. The van der Waals surface area contributed by atoms with Gasteiger partial charge in [0.1, 0.15) is 5.54 Å². The fourth-order valence-electron chi connectivity index (χ4n) is 5.40. The Labute approximate surface area is 227 Å². The summed E-state index contributed by atoms with van der Waals surface area (Å²) >= 11 is 5.98. The van der Waals surface area contributed by atoms with Crippen molar-refractivity contribution in [3.63, 3.8) is 0 Å². The maximum atomic E-state index is 14.3. The fraction of sp³-hybridized carbons (Fsp3) is 0.0938. The number of halogens is 1. The largest absolute Gasteiger partial charge is 0.325 e. The first-order valence-corrected chi connectivity index (χ1v) is 12.9. The van der Waals surface area contributed by atoms with E-state index in [2.05, 4.69) is 46.4 Å². The van der Waals surface area contributed by atoms with Gasteiger partial charge < -0.3 is 4.90 Å². The molecule has 1 aliphatic rings. The number of nitrogens with zero attached hydrogens (tertiary/aromatic N) is 4. The van der Waals surface area contributed by atoms with Crippen LogP contribution in [0, 0.1) is 0 Å². The molecule has 1 fully saturated rings. The predicted molar refractivity (Wildman–Crippen MR) is 151 cm³/mol. The van der Waals surface area contributed by atoms with Crippen LogP contribution in [-0.4, -0.2) is 34.0 Å². The number of benzene rings is 4. The van der Waals surface area contributed by atoms with Gasteiger partial charge in [0.15, 0.2) is 0 Å². The van der Waals surface area contributed by atoms with Gasteiger partial charge in [0.05, 0.1) is 5.69 Å². The molecule has 186 valence electrons. The monoisotopic (exact) mass is 516 g/mol. The van der Waals surface area contributed by atoms with E-state index in [1.807, 2.05) is 94.7 Å². The van der Waals surface area contributed by atoms with Crippen LogP contribution in [0.2, 0.25) is 5.28 Å². The summed E-state index contributed by atoms with van der Waals surface area (Å²) in [5, 5.41) is 0.205. The first kappa shape index (κ1) is 23.9. The highest BCUT2D eigenvalue weighted by molar-refractivity contribution is 6.28. The molecule has 38 heavy (non-hydrogen) atoms. The average Bonchev–Trinajstić information content (AvgIpc) is 3.36. The zero-order chi connectivity index (χ0) is 26.0. The van der Waals surface area contributed by atoms with Crippen molar-refractivity contribution in [1.29, 1.82) is 0 Å². The number of amides is 2. The molecule has 0 spiro atoms. The van der Waals surface area contributed by atoms with Gasteiger partial charge in [-0.1, -0.05) is 103 Å². The summed E-state index contributed by atoms with van der Waals surface area (Å²) < 4.78 is 0. The zero-order valence-electron chi connectivity index (χ0n) is 20.6. The van der Waals surface area contributed by atoms with E-state index in [0.717, 1.165) is 33.6 Å².